The fraction of sp³-hybridized carbons (Fsp3) is 0.462. The number of hydrogen-bond acceptors (Lipinski definition) is 4. The maximum atomic E-state index is 4.68. The van der Waals surface area contributed by atoms with Gasteiger partial charge in [0.05, 0.1) is 0 Å². The molecule has 1 aliphatic carbocycles. The molecule has 0 fully saturated rings. The van der Waals surface area contributed by atoms with Gasteiger partial charge in [0.15, 0.2) is 11.6 Å². The minimum Gasteiger partial charge on any atom is -0.373 e. The number of nitrogens with one attached hydrogen (secondary N) is 2. The maximum Gasteiger partial charge on any atom is 0.197 e. The Labute approximate surface area is 106 Å². The van der Waals surface area contributed by atoms with Crippen LogP contribution in [-0.2, 0) is 12.8 Å². The molecule has 5 nitrogen and oxygen atoms in total. The van der Waals surface area contributed by atoms with E-state index in [2.05, 4.69) is 25.3 Å². The number of aryl methyl sites for hydroxylation is 1. The molecule has 0 radical (unpaired) electrons. The molecule has 0 amide bonds. The molecule has 94 valence electrons. The minimum atomic E-state index is 0.685. The largest absolute Gasteiger partial charge is 0.373 e. The van der Waals surface area contributed by atoms with Crippen LogP contribution in [0.25, 0.3) is 11.6 Å². The number of aromatic amines is 1. The first-order chi connectivity index (χ1) is 8.88. The highest BCUT2D eigenvalue weighted by Gasteiger charge is 2.17. The molecule has 2 aromatic heterocycles. The van der Waals surface area contributed by atoms with Gasteiger partial charge in [0.2, 0.25) is 0 Å². The lowest BCUT2D eigenvalue weighted by Gasteiger charge is -2.11. The predicted octanol–water partition coefficient (Wildman–Crippen LogP) is 2.18. The molecular weight excluding hydrogens is 226 g/mol. The van der Waals surface area contributed by atoms with Crippen molar-refractivity contribution in [2.24, 2.45) is 0 Å². The number of anilines is 1. The zero-order chi connectivity index (χ0) is 12.4. The van der Waals surface area contributed by atoms with E-state index in [1.54, 1.807) is 12.4 Å². The molecule has 0 unspecified atom stereocenters. The molecule has 0 bridgehead atoms. The van der Waals surface area contributed by atoms with Crippen LogP contribution < -0.4 is 5.32 Å². The van der Waals surface area contributed by atoms with Crippen molar-refractivity contribution in [3.63, 3.8) is 0 Å². The molecule has 18 heavy (non-hydrogen) atoms. The monoisotopic (exact) mass is 243 g/mol. The van der Waals surface area contributed by atoms with Crippen LogP contribution in [0.2, 0.25) is 0 Å². The van der Waals surface area contributed by atoms with Crippen LogP contribution in [0, 0.1) is 0 Å². The molecule has 2 heterocycles. The van der Waals surface area contributed by atoms with Crippen molar-refractivity contribution in [1.29, 1.82) is 0 Å². The third-order valence-electron chi connectivity index (χ3n) is 3.38. The summed E-state index contributed by atoms with van der Waals surface area (Å²) in [6, 6.07) is 0. The van der Waals surface area contributed by atoms with Crippen LogP contribution in [-0.4, -0.2) is 27.0 Å². The molecule has 2 aromatic rings. The fourth-order valence-corrected chi connectivity index (χ4v) is 2.47. The van der Waals surface area contributed by atoms with Crippen LogP contribution in [0.15, 0.2) is 12.4 Å². The first-order valence-electron chi connectivity index (χ1n) is 6.46. The van der Waals surface area contributed by atoms with Gasteiger partial charge in [-0.25, -0.2) is 15.0 Å². The van der Waals surface area contributed by atoms with Gasteiger partial charge in [-0.05, 0) is 25.7 Å². The summed E-state index contributed by atoms with van der Waals surface area (Å²) in [6.07, 6.45) is 9.35. The van der Waals surface area contributed by atoms with E-state index < -0.39 is 0 Å². The summed E-state index contributed by atoms with van der Waals surface area (Å²) >= 11 is 0. The minimum absolute atomic E-state index is 0.685. The van der Waals surface area contributed by atoms with Crippen LogP contribution >= 0.6 is 0 Å². The summed E-state index contributed by atoms with van der Waals surface area (Å²) in [5.74, 6) is 2.37. The van der Waals surface area contributed by atoms with Gasteiger partial charge in [-0.1, -0.05) is 6.42 Å². The van der Waals surface area contributed by atoms with Gasteiger partial charge >= 0.3 is 0 Å². The number of aromatic nitrogens is 4. The molecular formula is C13H17N5. The second-order valence-electron chi connectivity index (χ2n) is 4.57. The number of hydrogen-bond donors (Lipinski definition) is 2. The van der Waals surface area contributed by atoms with Crippen LogP contribution in [0.1, 0.15) is 30.5 Å². The third kappa shape index (κ3) is 1.96. The Balaban J connectivity index is 2.10. The van der Waals surface area contributed by atoms with Crippen LogP contribution in [0.5, 0.6) is 0 Å². The zero-order valence-corrected chi connectivity index (χ0v) is 10.5. The Kier molecular flexibility index (Phi) is 2.96. The standard InChI is InChI=1S/C13H17N5/c1-14-11-9-5-3-2-4-6-10(9)17-13(18-11)12-15-7-8-16-12/h7-8H,2-6H2,1H3,(H,15,16)(H,14,17,18). The molecule has 2 N–H and O–H groups in total. The molecule has 0 aliphatic heterocycles. The molecule has 0 saturated heterocycles. The molecule has 0 spiro atoms. The Morgan fingerprint density at radius 3 is 2.83 bits per heavy atom. The fourth-order valence-electron chi connectivity index (χ4n) is 2.47. The lowest BCUT2D eigenvalue weighted by atomic mass is 10.1. The third-order valence-corrected chi connectivity index (χ3v) is 3.38. The number of nitrogens with zero attached hydrogens (tertiary/aromatic N) is 3. The molecule has 0 aromatic carbocycles. The summed E-state index contributed by atoms with van der Waals surface area (Å²) < 4.78 is 0. The van der Waals surface area contributed by atoms with Crippen molar-refractivity contribution in [3.05, 3.63) is 23.7 Å². The van der Waals surface area contributed by atoms with Crippen molar-refractivity contribution in [3.8, 4) is 11.6 Å². The van der Waals surface area contributed by atoms with Crippen molar-refractivity contribution < 1.29 is 0 Å². The molecule has 1 aliphatic rings. The van der Waals surface area contributed by atoms with Crippen molar-refractivity contribution in [1.82, 2.24) is 19.9 Å². The van der Waals surface area contributed by atoms with E-state index in [4.69, 9.17) is 0 Å². The average molecular weight is 243 g/mol. The van der Waals surface area contributed by atoms with Crippen LogP contribution in [0.4, 0.5) is 5.82 Å². The van der Waals surface area contributed by atoms with Gasteiger partial charge in [-0.2, -0.15) is 0 Å². The topological polar surface area (TPSA) is 66.5 Å². The van der Waals surface area contributed by atoms with E-state index in [1.807, 2.05) is 7.05 Å². The Morgan fingerprint density at radius 2 is 2.06 bits per heavy atom. The molecule has 0 saturated carbocycles. The lowest BCUT2D eigenvalue weighted by Crippen LogP contribution is -2.07. The quantitative estimate of drug-likeness (QED) is 0.793. The summed E-state index contributed by atoms with van der Waals surface area (Å²) in [7, 11) is 1.92. The summed E-state index contributed by atoms with van der Waals surface area (Å²) in [5.41, 5.74) is 2.46. The van der Waals surface area contributed by atoms with Crippen molar-refractivity contribution >= 4 is 5.82 Å². The van der Waals surface area contributed by atoms with Gasteiger partial charge < -0.3 is 10.3 Å². The predicted molar refractivity (Wildman–Crippen MR) is 70.4 cm³/mol. The summed E-state index contributed by atoms with van der Waals surface area (Å²) in [4.78, 5) is 16.5. The van der Waals surface area contributed by atoms with Gasteiger partial charge in [0.25, 0.3) is 0 Å². The van der Waals surface area contributed by atoms with Crippen molar-refractivity contribution in [2.75, 3.05) is 12.4 Å². The second kappa shape index (κ2) is 4.76. The maximum absolute atomic E-state index is 4.68. The Bertz CT molecular complexity index is 533. The highest BCUT2D eigenvalue weighted by molar-refractivity contribution is 5.54. The first-order valence-corrected chi connectivity index (χ1v) is 6.46. The van der Waals surface area contributed by atoms with Gasteiger partial charge in [0.1, 0.15) is 5.82 Å². The summed E-state index contributed by atoms with van der Waals surface area (Å²) in [5, 5.41) is 3.19. The van der Waals surface area contributed by atoms with E-state index >= 15 is 0 Å². The molecule has 0 atom stereocenters. The average Bonchev–Trinajstić information content (AvgIpc) is 2.83. The second-order valence-corrected chi connectivity index (χ2v) is 4.57. The van der Waals surface area contributed by atoms with Gasteiger partial charge in [-0.15, -0.1) is 0 Å². The first kappa shape index (κ1) is 11.2. The number of imidazole rings is 1. The van der Waals surface area contributed by atoms with E-state index in [9.17, 15) is 0 Å². The SMILES string of the molecule is CNc1nc(-c2ncc[nH]2)nc2c1CCCCC2. The smallest absolute Gasteiger partial charge is 0.197 e. The van der Waals surface area contributed by atoms with Crippen molar-refractivity contribution in [2.45, 2.75) is 32.1 Å². The number of H-pyrrole nitrogens is 1. The zero-order valence-electron chi connectivity index (χ0n) is 10.5. The normalized spacial score (nSPS) is 14.9. The molecule has 5 heteroatoms. The number of rotatable bonds is 2. The van der Waals surface area contributed by atoms with E-state index in [0.29, 0.717) is 5.82 Å². The van der Waals surface area contributed by atoms with E-state index in [1.165, 1.54) is 30.5 Å². The van der Waals surface area contributed by atoms with Crippen LogP contribution in [0.3, 0.4) is 0 Å². The van der Waals surface area contributed by atoms with Gasteiger partial charge in [0, 0.05) is 30.7 Å². The lowest BCUT2D eigenvalue weighted by molar-refractivity contribution is 0.709. The van der Waals surface area contributed by atoms with E-state index in [-0.39, 0.29) is 0 Å². The van der Waals surface area contributed by atoms with Gasteiger partial charge in [-0.3, -0.25) is 0 Å². The Hall–Kier alpha value is -1.91. The highest BCUT2D eigenvalue weighted by Crippen LogP contribution is 2.26. The summed E-state index contributed by atoms with van der Waals surface area (Å²) in [6.45, 7) is 0. The number of fused-ring (bicyclic) bond motifs is 1. The van der Waals surface area contributed by atoms with E-state index in [0.717, 1.165) is 24.5 Å². The molecule has 3 rings (SSSR count). The Morgan fingerprint density at radius 1 is 1.17 bits per heavy atom. The highest BCUT2D eigenvalue weighted by atomic mass is 15.1.